The molecule has 2 aromatic heterocycles. The quantitative estimate of drug-likeness (QED) is 0.397. The van der Waals surface area contributed by atoms with Crippen molar-refractivity contribution in [3.63, 3.8) is 0 Å². The Morgan fingerprint density at radius 2 is 1.79 bits per heavy atom. The number of aromatic nitrogens is 2. The molecule has 4 aromatic rings. The summed E-state index contributed by atoms with van der Waals surface area (Å²) in [5, 5.41) is 0.782. The van der Waals surface area contributed by atoms with Gasteiger partial charge in [-0.1, -0.05) is 42.5 Å². The van der Waals surface area contributed by atoms with Crippen molar-refractivity contribution in [3.8, 4) is 10.4 Å². The number of fused-ring (bicyclic) bond motifs is 1. The van der Waals surface area contributed by atoms with Gasteiger partial charge in [-0.25, -0.2) is 14.8 Å². The molecule has 6 heteroatoms. The first-order valence-corrected chi connectivity index (χ1v) is 9.52. The molecule has 2 N–H and O–H groups in total. The number of ether oxygens (including phenoxy) is 1. The van der Waals surface area contributed by atoms with Gasteiger partial charge in [-0.05, 0) is 35.9 Å². The number of hydrogen-bond donors (Lipinski definition) is 1. The molecule has 0 bridgehead atoms. The van der Waals surface area contributed by atoms with E-state index in [9.17, 15) is 4.79 Å². The molecule has 2 heterocycles. The maximum absolute atomic E-state index is 12.0. The Bertz CT molecular complexity index is 1150. The molecule has 0 saturated carbocycles. The number of esters is 1. The van der Waals surface area contributed by atoms with E-state index < -0.39 is 5.97 Å². The molecule has 138 valence electrons. The van der Waals surface area contributed by atoms with Crippen LogP contribution < -0.4 is 5.73 Å². The van der Waals surface area contributed by atoms with E-state index >= 15 is 0 Å². The Labute approximate surface area is 166 Å². The van der Waals surface area contributed by atoms with Crippen molar-refractivity contribution in [1.82, 2.24) is 9.97 Å². The predicted molar refractivity (Wildman–Crippen MR) is 113 cm³/mol. The SMILES string of the molecule is Nc1nc(COC(=O)/C=C\c2ccc(-c3ccccc3)s2)nc2ccccc12. The van der Waals surface area contributed by atoms with E-state index in [0.29, 0.717) is 11.6 Å². The summed E-state index contributed by atoms with van der Waals surface area (Å²) in [6.45, 7) is -0.0298. The largest absolute Gasteiger partial charge is 0.454 e. The van der Waals surface area contributed by atoms with Crippen LogP contribution in [0.25, 0.3) is 27.4 Å². The minimum Gasteiger partial charge on any atom is -0.454 e. The van der Waals surface area contributed by atoms with Gasteiger partial charge >= 0.3 is 5.97 Å². The van der Waals surface area contributed by atoms with Crippen LogP contribution in [0.1, 0.15) is 10.7 Å². The Morgan fingerprint density at radius 3 is 2.64 bits per heavy atom. The molecular formula is C22H17N3O2S. The van der Waals surface area contributed by atoms with Crippen molar-refractivity contribution in [1.29, 1.82) is 0 Å². The van der Waals surface area contributed by atoms with Crippen LogP contribution in [0.3, 0.4) is 0 Å². The zero-order valence-electron chi connectivity index (χ0n) is 14.9. The molecule has 0 spiro atoms. The van der Waals surface area contributed by atoms with Crippen molar-refractivity contribution in [2.24, 2.45) is 0 Å². The second-order valence-electron chi connectivity index (χ2n) is 6.05. The number of para-hydroxylation sites is 1. The van der Waals surface area contributed by atoms with E-state index in [4.69, 9.17) is 10.5 Å². The maximum atomic E-state index is 12.0. The zero-order valence-corrected chi connectivity index (χ0v) is 15.7. The van der Waals surface area contributed by atoms with Crippen molar-refractivity contribution < 1.29 is 9.53 Å². The lowest BCUT2D eigenvalue weighted by molar-refractivity contribution is -0.139. The lowest BCUT2D eigenvalue weighted by Gasteiger charge is -2.05. The number of anilines is 1. The minimum absolute atomic E-state index is 0.0298. The number of rotatable bonds is 5. The fraction of sp³-hybridized carbons (Fsp3) is 0.0455. The summed E-state index contributed by atoms with van der Waals surface area (Å²) in [6.07, 6.45) is 3.15. The smallest absolute Gasteiger partial charge is 0.331 e. The maximum Gasteiger partial charge on any atom is 0.331 e. The molecule has 0 fully saturated rings. The standard InChI is InChI=1S/C22H17N3O2S/c23-22-17-8-4-5-9-18(17)24-20(25-22)14-27-21(26)13-11-16-10-12-19(28-16)15-6-2-1-3-7-15/h1-13H,14H2,(H2,23,24,25)/b13-11-. The van der Waals surface area contributed by atoms with Crippen molar-refractivity contribution in [3.05, 3.63) is 83.5 Å². The second kappa shape index (κ2) is 8.02. The number of carbonyl (C=O) groups is 1. The van der Waals surface area contributed by atoms with Gasteiger partial charge in [-0.15, -0.1) is 11.3 Å². The normalized spacial score (nSPS) is 11.1. The monoisotopic (exact) mass is 387 g/mol. The van der Waals surface area contributed by atoms with Crippen LogP contribution >= 0.6 is 11.3 Å². The number of nitrogen functional groups attached to an aromatic ring is 1. The van der Waals surface area contributed by atoms with Gasteiger partial charge in [-0.3, -0.25) is 0 Å². The predicted octanol–water partition coefficient (Wildman–Crippen LogP) is 4.70. The molecule has 0 aliphatic carbocycles. The van der Waals surface area contributed by atoms with Crippen LogP contribution in [-0.2, 0) is 16.1 Å². The van der Waals surface area contributed by atoms with Gasteiger partial charge in [0.2, 0.25) is 0 Å². The summed E-state index contributed by atoms with van der Waals surface area (Å²) in [4.78, 5) is 22.7. The average Bonchev–Trinajstić information content (AvgIpc) is 3.21. The van der Waals surface area contributed by atoms with Crippen LogP contribution in [0.2, 0.25) is 0 Å². The molecule has 0 saturated heterocycles. The van der Waals surface area contributed by atoms with E-state index in [1.165, 1.54) is 6.08 Å². The van der Waals surface area contributed by atoms with Crippen LogP contribution in [0.15, 0.2) is 72.8 Å². The number of thiophene rings is 1. The van der Waals surface area contributed by atoms with Gasteiger partial charge in [-0.2, -0.15) is 0 Å². The van der Waals surface area contributed by atoms with E-state index in [1.54, 1.807) is 17.4 Å². The van der Waals surface area contributed by atoms with Crippen LogP contribution in [0.5, 0.6) is 0 Å². The lowest BCUT2D eigenvalue weighted by Crippen LogP contribution is -2.06. The third-order valence-electron chi connectivity index (χ3n) is 4.09. The highest BCUT2D eigenvalue weighted by Crippen LogP contribution is 2.28. The molecule has 2 aromatic carbocycles. The Morgan fingerprint density at radius 1 is 1.00 bits per heavy atom. The molecule has 0 amide bonds. The zero-order chi connectivity index (χ0) is 19.3. The summed E-state index contributed by atoms with van der Waals surface area (Å²) >= 11 is 1.61. The summed E-state index contributed by atoms with van der Waals surface area (Å²) in [5.41, 5.74) is 7.82. The fourth-order valence-electron chi connectivity index (χ4n) is 2.75. The third kappa shape index (κ3) is 4.07. The Kier molecular flexibility index (Phi) is 5.12. The topological polar surface area (TPSA) is 78.1 Å². The van der Waals surface area contributed by atoms with Crippen LogP contribution in [0.4, 0.5) is 5.82 Å². The number of benzene rings is 2. The second-order valence-corrected chi connectivity index (χ2v) is 7.17. The minimum atomic E-state index is -0.454. The van der Waals surface area contributed by atoms with Crippen LogP contribution in [-0.4, -0.2) is 15.9 Å². The fourth-order valence-corrected chi connectivity index (χ4v) is 3.67. The number of carbonyl (C=O) groups excluding carboxylic acids is 1. The van der Waals surface area contributed by atoms with E-state index in [1.807, 2.05) is 54.6 Å². The van der Waals surface area contributed by atoms with Gasteiger partial charge in [0.05, 0.1) is 5.52 Å². The van der Waals surface area contributed by atoms with Crippen molar-refractivity contribution >= 4 is 40.1 Å². The first-order chi connectivity index (χ1) is 13.7. The first kappa shape index (κ1) is 17.9. The summed E-state index contributed by atoms with van der Waals surface area (Å²) in [5.74, 6) is 0.296. The molecule has 5 nitrogen and oxygen atoms in total. The van der Waals surface area contributed by atoms with E-state index in [2.05, 4.69) is 22.1 Å². The van der Waals surface area contributed by atoms with Gasteiger partial charge < -0.3 is 10.5 Å². The van der Waals surface area contributed by atoms with Gasteiger partial charge in [0.1, 0.15) is 5.82 Å². The van der Waals surface area contributed by atoms with Gasteiger partial charge in [0.25, 0.3) is 0 Å². The van der Waals surface area contributed by atoms with Crippen molar-refractivity contribution in [2.45, 2.75) is 6.61 Å². The summed E-state index contributed by atoms with van der Waals surface area (Å²) in [7, 11) is 0. The van der Waals surface area contributed by atoms with Gasteiger partial charge in [0, 0.05) is 21.2 Å². The van der Waals surface area contributed by atoms with Crippen LogP contribution in [0, 0.1) is 0 Å². The highest BCUT2D eigenvalue weighted by molar-refractivity contribution is 7.16. The van der Waals surface area contributed by atoms with E-state index in [0.717, 1.165) is 26.2 Å². The molecule has 4 rings (SSSR count). The average molecular weight is 387 g/mol. The third-order valence-corrected chi connectivity index (χ3v) is 5.19. The first-order valence-electron chi connectivity index (χ1n) is 8.70. The number of nitrogens with two attached hydrogens (primary N) is 1. The molecule has 0 aliphatic heterocycles. The molecule has 0 aliphatic rings. The van der Waals surface area contributed by atoms with Crippen molar-refractivity contribution in [2.75, 3.05) is 5.73 Å². The molecule has 28 heavy (non-hydrogen) atoms. The van der Waals surface area contributed by atoms with E-state index in [-0.39, 0.29) is 6.61 Å². The number of nitrogens with zero attached hydrogens (tertiary/aromatic N) is 2. The molecular weight excluding hydrogens is 370 g/mol. The van der Waals surface area contributed by atoms with Gasteiger partial charge in [0.15, 0.2) is 12.4 Å². The number of hydrogen-bond acceptors (Lipinski definition) is 6. The lowest BCUT2D eigenvalue weighted by atomic mass is 10.2. The molecule has 0 atom stereocenters. The Balaban J connectivity index is 1.39. The summed E-state index contributed by atoms with van der Waals surface area (Å²) in [6, 6.07) is 21.6. The molecule has 0 unspecified atom stereocenters. The molecule has 0 radical (unpaired) electrons. The Hall–Kier alpha value is -3.51. The highest BCUT2D eigenvalue weighted by atomic mass is 32.1. The summed E-state index contributed by atoms with van der Waals surface area (Å²) < 4.78 is 5.24. The highest BCUT2D eigenvalue weighted by Gasteiger charge is 2.07.